The third-order valence-electron chi connectivity index (χ3n) is 2.09. The quantitative estimate of drug-likeness (QED) is 0.790. The topological polar surface area (TPSA) is 56.3 Å². The second-order valence-corrected chi connectivity index (χ2v) is 3.91. The Bertz CT molecular complexity index is 308. The van der Waals surface area contributed by atoms with E-state index in [4.69, 9.17) is 10.5 Å². The number of rotatable bonds is 5. The van der Waals surface area contributed by atoms with E-state index in [-0.39, 0.29) is 6.04 Å². The van der Waals surface area contributed by atoms with Crippen molar-refractivity contribution in [1.82, 2.24) is 14.7 Å². The number of hydrogen-bond donors (Lipinski definition) is 1. The lowest BCUT2D eigenvalue weighted by Gasteiger charge is -2.16. The lowest BCUT2D eigenvalue weighted by molar-refractivity contribution is 0.298. The van der Waals surface area contributed by atoms with Crippen molar-refractivity contribution in [3.63, 3.8) is 0 Å². The Hall–Kier alpha value is -1.23. The predicted molar refractivity (Wildman–Crippen MR) is 61.1 cm³/mol. The maximum atomic E-state index is 5.77. The number of nitrogens with zero attached hydrogens (tertiary/aromatic N) is 3. The van der Waals surface area contributed by atoms with Gasteiger partial charge in [-0.25, -0.2) is 0 Å². The van der Waals surface area contributed by atoms with E-state index in [1.54, 1.807) is 0 Å². The van der Waals surface area contributed by atoms with E-state index >= 15 is 0 Å². The Kier molecular flexibility index (Phi) is 3.96. The summed E-state index contributed by atoms with van der Waals surface area (Å²) in [6.07, 6.45) is 1.82. The summed E-state index contributed by atoms with van der Waals surface area (Å²) < 4.78 is 7.15. The largest absolute Gasteiger partial charge is 0.475 e. The van der Waals surface area contributed by atoms with Gasteiger partial charge in [-0.2, -0.15) is 0 Å². The molecule has 0 spiro atoms. The molecule has 5 nitrogen and oxygen atoms in total. The number of likely N-dealkylation sites (N-methyl/N-ethyl adjacent to an activating group) is 1. The molecule has 86 valence electrons. The Morgan fingerprint density at radius 2 is 2.27 bits per heavy atom. The first-order valence-corrected chi connectivity index (χ1v) is 5.16. The first kappa shape index (κ1) is 11.8. The van der Waals surface area contributed by atoms with Crippen LogP contribution in [0, 0.1) is 0 Å². The summed E-state index contributed by atoms with van der Waals surface area (Å²) in [4.78, 5) is 2.11. The molecule has 0 amide bonds. The summed E-state index contributed by atoms with van der Waals surface area (Å²) in [7, 11) is 4.07. The maximum absolute atomic E-state index is 5.77. The molecule has 0 bridgehead atoms. The van der Waals surface area contributed by atoms with Gasteiger partial charge < -0.3 is 15.4 Å². The monoisotopic (exact) mass is 212 g/mol. The van der Waals surface area contributed by atoms with E-state index in [1.165, 1.54) is 0 Å². The van der Waals surface area contributed by atoms with Crippen molar-refractivity contribution in [2.24, 2.45) is 0 Å². The van der Waals surface area contributed by atoms with E-state index in [0.29, 0.717) is 18.2 Å². The van der Waals surface area contributed by atoms with Crippen molar-refractivity contribution in [1.29, 1.82) is 0 Å². The van der Waals surface area contributed by atoms with Crippen LogP contribution in [0.4, 0.5) is 5.69 Å². The number of aromatic nitrogens is 2. The highest BCUT2D eigenvalue weighted by Gasteiger charge is 2.11. The Labute approximate surface area is 90.8 Å². The number of nitrogen functional groups attached to an aromatic ring is 1. The molecule has 2 N–H and O–H groups in total. The molecule has 1 atom stereocenters. The zero-order valence-electron chi connectivity index (χ0n) is 9.90. The van der Waals surface area contributed by atoms with Crippen LogP contribution in [0.15, 0.2) is 6.20 Å². The highest BCUT2D eigenvalue weighted by atomic mass is 16.5. The normalized spacial score (nSPS) is 13.1. The van der Waals surface area contributed by atoms with Gasteiger partial charge in [0.2, 0.25) is 0 Å². The average Bonchev–Trinajstić information content (AvgIpc) is 2.47. The molecule has 1 rings (SSSR count). The first-order chi connectivity index (χ1) is 7.04. The Morgan fingerprint density at radius 3 is 2.80 bits per heavy atom. The standard InChI is InChI=1S/C10H20N4O/c1-5-15-10-9(11)7-14(12-10)8(2)6-13(3)4/h7-8H,5-6,11H2,1-4H3. The van der Waals surface area contributed by atoms with Gasteiger partial charge in [-0.1, -0.05) is 0 Å². The van der Waals surface area contributed by atoms with Gasteiger partial charge in [-0.15, -0.1) is 5.10 Å². The van der Waals surface area contributed by atoms with Crippen LogP contribution in [0.25, 0.3) is 0 Å². The molecular weight excluding hydrogens is 192 g/mol. The van der Waals surface area contributed by atoms with E-state index in [0.717, 1.165) is 6.54 Å². The van der Waals surface area contributed by atoms with Crippen LogP contribution >= 0.6 is 0 Å². The molecule has 0 saturated carbocycles. The van der Waals surface area contributed by atoms with E-state index in [9.17, 15) is 0 Å². The fraction of sp³-hybridized carbons (Fsp3) is 0.700. The number of ether oxygens (including phenoxy) is 1. The lowest BCUT2D eigenvalue weighted by atomic mass is 10.3. The summed E-state index contributed by atoms with van der Waals surface area (Å²) in [5.41, 5.74) is 6.37. The third-order valence-corrected chi connectivity index (χ3v) is 2.09. The van der Waals surface area contributed by atoms with E-state index in [2.05, 4.69) is 16.9 Å². The smallest absolute Gasteiger partial charge is 0.256 e. The van der Waals surface area contributed by atoms with Gasteiger partial charge >= 0.3 is 0 Å². The van der Waals surface area contributed by atoms with Crippen LogP contribution in [0.2, 0.25) is 0 Å². The minimum atomic E-state index is 0.288. The van der Waals surface area contributed by atoms with Gasteiger partial charge in [-0.3, -0.25) is 4.68 Å². The van der Waals surface area contributed by atoms with Crippen LogP contribution in [-0.4, -0.2) is 41.9 Å². The van der Waals surface area contributed by atoms with Gasteiger partial charge in [0.25, 0.3) is 5.88 Å². The molecular formula is C10H20N4O. The molecule has 0 aliphatic carbocycles. The second-order valence-electron chi connectivity index (χ2n) is 3.91. The fourth-order valence-corrected chi connectivity index (χ4v) is 1.48. The number of hydrogen-bond acceptors (Lipinski definition) is 4. The van der Waals surface area contributed by atoms with Crippen LogP contribution in [0.5, 0.6) is 5.88 Å². The molecule has 0 fully saturated rings. The Morgan fingerprint density at radius 1 is 1.60 bits per heavy atom. The van der Waals surface area contributed by atoms with Crippen molar-refractivity contribution in [3.05, 3.63) is 6.20 Å². The molecule has 1 heterocycles. The van der Waals surface area contributed by atoms with E-state index in [1.807, 2.05) is 31.9 Å². The van der Waals surface area contributed by atoms with Gasteiger partial charge in [0.15, 0.2) is 0 Å². The molecule has 5 heteroatoms. The zero-order chi connectivity index (χ0) is 11.4. The average molecular weight is 212 g/mol. The summed E-state index contributed by atoms with van der Waals surface area (Å²) in [6.45, 7) is 5.53. The van der Waals surface area contributed by atoms with Crippen molar-refractivity contribution in [3.8, 4) is 5.88 Å². The van der Waals surface area contributed by atoms with Crippen molar-refractivity contribution < 1.29 is 4.74 Å². The minimum Gasteiger partial charge on any atom is -0.475 e. The third kappa shape index (κ3) is 3.13. The SMILES string of the molecule is CCOc1nn(C(C)CN(C)C)cc1N. The highest BCUT2D eigenvalue weighted by molar-refractivity contribution is 5.45. The zero-order valence-corrected chi connectivity index (χ0v) is 9.90. The molecule has 1 aromatic rings. The van der Waals surface area contributed by atoms with Gasteiger partial charge in [0.1, 0.15) is 5.69 Å². The van der Waals surface area contributed by atoms with Crippen molar-refractivity contribution in [2.45, 2.75) is 19.9 Å². The highest BCUT2D eigenvalue weighted by Crippen LogP contribution is 2.20. The molecule has 0 saturated heterocycles. The summed E-state index contributed by atoms with van der Waals surface area (Å²) in [5, 5.41) is 4.30. The summed E-state index contributed by atoms with van der Waals surface area (Å²) in [5.74, 6) is 0.531. The fourth-order valence-electron chi connectivity index (χ4n) is 1.48. The minimum absolute atomic E-state index is 0.288. The van der Waals surface area contributed by atoms with Crippen LogP contribution < -0.4 is 10.5 Å². The molecule has 15 heavy (non-hydrogen) atoms. The van der Waals surface area contributed by atoms with Crippen molar-refractivity contribution >= 4 is 5.69 Å². The molecule has 0 aromatic carbocycles. The Balaban J connectivity index is 2.73. The van der Waals surface area contributed by atoms with Crippen LogP contribution in [0.1, 0.15) is 19.9 Å². The molecule has 1 unspecified atom stereocenters. The number of nitrogens with two attached hydrogens (primary N) is 1. The second kappa shape index (κ2) is 5.02. The van der Waals surface area contributed by atoms with Crippen LogP contribution in [0.3, 0.4) is 0 Å². The molecule has 0 radical (unpaired) electrons. The van der Waals surface area contributed by atoms with Crippen molar-refractivity contribution in [2.75, 3.05) is 33.0 Å². The molecule has 1 aromatic heterocycles. The lowest BCUT2D eigenvalue weighted by Crippen LogP contribution is -2.22. The number of anilines is 1. The van der Waals surface area contributed by atoms with Gasteiger partial charge in [-0.05, 0) is 27.9 Å². The molecule has 0 aliphatic heterocycles. The predicted octanol–water partition coefficient (Wildman–Crippen LogP) is 0.987. The summed E-state index contributed by atoms with van der Waals surface area (Å²) >= 11 is 0. The van der Waals surface area contributed by atoms with E-state index < -0.39 is 0 Å². The van der Waals surface area contributed by atoms with Gasteiger partial charge in [0, 0.05) is 6.54 Å². The summed E-state index contributed by atoms with van der Waals surface area (Å²) in [6, 6.07) is 0.288. The van der Waals surface area contributed by atoms with Gasteiger partial charge in [0.05, 0.1) is 18.8 Å². The molecule has 0 aliphatic rings. The van der Waals surface area contributed by atoms with Crippen LogP contribution in [-0.2, 0) is 0 Å². The first-order valence-electron chi connectivity index (χ1n) is 5.16. The maximum Gasteiger partial charge on any atom is 0.256 e.